The number of carbonyl (C=O) groups excluding carboxylic acids is 2. The molecule has 0 radical (unpaired) electrons. The zero-order valence-electron chi connectivity index (χ0n) is 10.7. The topological polar surface area (TPSA) is 119 Å². The Kier molecular flexibility index (Phi) is 5.36. The Bertz CT molecular complexity index is 534. The first kappa shape index (κ1) is 16.6. The number of anilines is 1. The molecule has 0 heterocycles. The smallest absolute Gasteiger partial charge is 0.418 e. The fraction of sp³-hybridized carbons (Fsp3) is 0.273. The second kappa shape index (κ2) is 6.79. The first-order valence-corrected chi connectivity index (χ1v) is 5.64. The van der Waals surface area contributed by atoms with Crippen LogP contribution in [0.4, 0.5) is 23.7 Å². The zero-order valence-corrected chi connectivity index (χ0v) is 10.7. The van der Waals surface area contributed by atoms with Crippen LogP contribution in [0.15, 0.2) is 18.2 Å². The fourth-order valence-electron chi connectivity index (χ4n) is 1.54. The number of carbonyl (C=O) groups is 2. The van der Waals surface area contributed by atoms with E-state index < -0.39 is 29.4 Å². The fourth-order valence-corrected chi connectivity index (χ4v) is 1.54. The van der Waals surface area contributed by atoms with E-state index in [1.807, 2.05) is 5.43 Å². The van der Waals surface area contributed by atoms with Crippen LogP contribution in [0.25, 0.3) is 0 Å². The summed E-state index contributed by atoms with van der Waals surface area (Å²) >= 11 is 0. The molecule has 116 valence electrons. The van der Waals surface area contributed by atoms with Crippen molar-refractivity contribution in [2.24, 2.45) is 11.6 Å². The maximum atomic E-state index is 12.8. The number of hydrogen-bond donors (Lipinski definition) is 4. The van der Waals surface area contributed by atoms with Crippen LogP contribution < -0.4 is 22.3 Å². The number of halogens is 3. The molecular formula is C11H13F3N4O3. The van der Waals surface area contributed by atoms with Gasteiger partial charge in [-0.05, 0) is 12.1 Å². The highest BCUT2D eigenvalue weighted by molar-refractivity contribution is 6.00. The molecule has 21 heavy (non-hydrogen) atoms. The molecule has 1 rings (SSSR count). The number of rotatable bonds is 5. The third kappa shape index (κ3) is 4.53. The second-order valence-corrected chi connectivity index (χ2v) is 3.79. The third-order valence-electron chi connectivity index (χ3n) is 2.39. The summed E-state index contributed by atoms with van der Waals surface area (Å²) in [6.45, 7) is -0.312. The van der Waals surface area contributed by atoms with E-state index in [9.17, 15) is 22.8 Å². The Morgan fingerprint density at radius 2 is 1.95 bits per heavy atom. The molecule has 1 aromatic carbocycles. The lowest BCUT2D eigenvalue weighted by atomic mass is 10.1. The van der Waals surface area contributed by atoms with Crippen LogP contribution in [0.1, 0.15) is 15.9 Å². The van der Waals surface area contributed by atoms with Crippen LogP contribution in [0.2, 0.25) is 0 Å². The number of alkyl halides is 3. The SMILES string of the molecule is NNc1c(C(=O)NCCOC(N)=O)cccc1C(F)(F)F. The van der Waals surface area contributed by atoms with Gasteiger partial charge in [-0.3, -0.25) is 10.6 Å². The Hall–Kier alpha value is -2.49. The quantitative estimate of drug-likeness (QED) is 0.365. The zero-order chi connectivity index (χ0) is 16.0. The van der Waals surface area contributed by atoms with Crippen molar-refractivity contribution in [2.45, 2.75) is 6.18 Å². The van der Waals surface area contributed by atoms with Gasteiger partial charge in [-0.25, -0.2) is 4.79 Å². The van der Waals surface area contributed by atoms with Crippen LogP contribution in [-0.2, 0) is 10.9 Å². The molecule has 7 nitrogen and oxygen atoms in total. The maximum Gasteiger partial charge on any atom is 0.418 e. The molecule has 0 aliphatic rings. The molecule has 10 heteroatoms. The number of nitrogens with two attached hydrogens (primary N) is 2. The van der Waals surface area contributed by atoms with Gasteiger partial charge >= 0.3 is 12.3 Å². The van der Waals surface area contributed by atoms with Crippen molar-refractivity contribution in [3.8, 4) is 0 Å². The minimum atomic E-state index is -4.66. The highest BCUT2D eigenvalue weighted by Crippen LogP contribution is 2.36. The van der Waals surface area contributed by atoms with Crippen LogP contribution in [-0.4, -0.2) is 25.2 Å². The van der Waals surface area contributed by atoms with Crippen molar-refractivity contribution in [1.29, 1.82) is 0 Å². The highest BCUT2D eigenvalue weighted by Gasteiger charge is 2.35. The lowest BCUT2D eigenvalue weighted by molar-refractivity contribution is -0.137. The van der Waals surface area contributed by atoms with Gasteiger partial charge in [-0.15, -0.1) is 0 Å². The van der Waals surface area contributed by atoms with E-state index >= 15 is 0 Å². The summed E-state index contributed by atoms with van der Waals surface area (Å²) in [5.74, 6) is 4.26. The maximum absolute atomic E-state index is 12.8. The number of nitrogen functional groups attached to an aromatic ring is 1. The number of primary amides is 1. The number of hydrogen-bond acceptors (Lipinski definition) is 5. The molecule has 0 saturated heterocycles. The molecule has 0 spiro atoms. The lowest BCUT2D eigenvalue weighted by Gasteiger charge is -2.16. The first-order valence-electron chi connectivity index (χ1n) is 5.64. The minimum Gasteiger partial charge on any atom is -0.448 e. The molecule has 1 aromatic rings. The number of nitrogens with one attached hydrogen (secondary N) is 2. The van der Waals surface area contributed by atoms with Gasteiger partial charge in [0, 0.05) is 0 Å². The summed E-state index contributed by atoms with van der Waals surface area (Å²) < 4.78 is 42.7. The van der Waals surface area contributed by atoms with Crippen LogP contribution >= 0.6 is 0 Å². The van der Waals surface area contributed by atoms with E-state index in [1.165, 1.54) is 6.07 Å². The van der Waals surface area contributed by atoms with Crippen LogP contribution in [0.5, 0.6) is 0 Å². The van der Waals surface area contributed by atoms with Gasteiger partial charge in [-0.2, -0.15) is 13.2 Å². The normalized spacial score (nSPS) is 10.9. The van der Waals surface area contributed by atoms with E-state index in [0.717, 1.165) is 12.1 Å². The van der Waals surface area contributed by atoms with Gasteiger partial charge in [0.25, 0.3) is 5.91 Å². The molecular weight excluding hydrogens is 293 g/mol. The van der Waals surface area contributed by atoms with Gasteiger partial charge in [-0.1, -0.05) is 6.07 Å². The van der Waals surface area contributed by atoms with Crippen molar-refractivity contribution >= 4 is 17.7 Å². The van der Waals surface area contributed by atoms with E-state index in [4.69, 9.17) is 11.6 Å². The monoisotopic (exact) mass is 306 g/mol. The molecule has 6 N–H and O–H groups in total. The van der Waals surface area contributed by atoms with Crippen molar-refractivity contribution in [3.05, 3.63) is 29.3 Å². The summed E-state index contributed by atoms with van der Waals surface area (Å²) in [5, 5.41) is 2.27. The predicted octanol–water partition coefficient (Wildman–Crippen LogP) is 0.816. The average Bonchev–Trinajstić information content (AvgIpc) is 2.41. The van der Waals surface area contributed by atoms with Gasteiger partial charge in [0.2, 0.25) is 0 Å². The van der Waals surface area contributed by atoms with Gasteiger partial charge in [0.15, 0.2) is 0 Å². The van der Waals surface area contributed by atoms with Crippen molar-refractivity contribution < 1.29 is 27.5 Å². The standard InChI is InChI=1S/C11H13F3N4O3/c12-11(13,14)7-3-1-2-6(8(7)18-16)9(19)17-4-5-21-10(15)20/h1-3,18H,4-5,16H2,(H2,15,20)(H,17,19). The lowest BCUT2D eigenvalue weighted by Crippen LogP contribution is -2.30. The molecule has 0 saturated carbocycles. The van der Waals surface area contributed by atoms with E-state index in [0.29, 0.717) is 0 Å². The summed E-state index contributed by atoms with van der Waals surface area (Å²) in [6, 6.07) is 3.05. The van der Waals surface area contributed by atoms with Crippen molar-refractivity contribution in [2.75, 3.05) is 18.6 Å². The first-order chi connectivity index (χ1) is 9.77. The average molecular weight is 306 g/mol. The van der Waals surface area contributed by atoms with Crippen LogP contribution in [0, 0.1) is 0 Å². The molecule has 0 unspecified atom stereocenters. The molecule has 0 bridgehead atoms. The van der Waals surface area contributed by atoms with Crippen LogP contribution in [0.3, 0.4) is 0 Å². The van der Waals surface area contributed by atoms with E-state index in [-0.39, 0.29) is 18.7 Å². The summed E-state index contributed by atoms with van der Waals surface area (Å²) in [6.07, 6.45) is -5.68. The van der Waals surface area contributed by atoms with Crippen molar-refractivity contribution in [3.63, 3.8) is 0 Å². The molecule has 0 aliphatic carbocycles. The molecule has 2 amide bonds. The molecule has 0 aromatic heterocycles. The second-order valence-electron chi connectivity index (χ2n) is 3.79. The number of ether oxygens (including phenoxy) is 1. The Balaban J connectivity index is 2.87. The highest BCUT2D eigenvalue weighted by atomic mass is 19.4. The van der Waals surface area contributed by atoms with Gasteiger partial charge in [0.05, 0.1) is 23.4 Å². The largest absolute Gasteiger partial charge is 0.448 e. The number of para-hydroxylation sites is 1. The Labute approximate surface area is 117 Å². The van der Waals surface area contributed by atoms with Crippen molar-refractivity contribution in [1.82, 2.24) is 5.32 Å². The minimum absolute atomic E-state index is 0.109. The summed E-state index contributed by atoms with van der Waals surface area (Å²) in [5.41, 5.74) is 4.69. The van der Waals surface area contributed by atoms with E-state index in [2.05, 4.69) is 10.1 Å². The molecule has 0 fully saturated rings. The summed E-state index contributed by atoms with van der Waals surface area (Å²) in [4.78, 5) is 22.1. The van der Waals surface area contributed by atoms with Gasteiger partial charge in [0.1, 0.15) is 6.61 Å². The van der Waals surface area contributed by atoms with Gasteiger partial charge < -0.3 is 21.2 Å². The summed E-state index contributed by atoms with van der Waals surface area (Å²) in [7, 11) is 0. The number of amides is 2. The van der Waals surface area contributed by atoms with E-state index in [1.54, 1.807) is 0 Å². The Morgan fingerprint density at radius 3 is 2.48 bits per heavy atom. The Morgan fingerprint density at radius 1 is 1.29 bits per heavy atom. The number of benzene rings is 1. The third-order valence-corrected chi connectivity index (χ3v) is 2.39. The molecule has 0 atom stereocenters. The molecule has 0 aliphatic heterocycles. The predicted molar refractivity (Wildman–Crippen MR) is 67.1 cm³/mol. The number of hydrazine groups is 1.